The summed E-state index contributed by atoms with van der Waals surface area (Å²) < 4.78 is 11.1. The Kier molecular flexibility index (Phi) is 4.37. The third-order valence-corrected chi connectivity index (χ3v) is 8.36. The number of nitrogens with zero attached hydrogens (tertiary/aromatic N) is 3. The molecule has 0 aliphatic heterocycles. The maximum Gasteiger partial charge on any atom is 0.160 e. The highest BCUT2D eigenvalue weighted by atomic mass is 16.3. The van der Waals surface area contributed by atoms with Crippen LogP contribution in [0, 0.1) is 11.3 Å². The Morgan fingerprint density at radius 3 is 1.44 bits per heavy atom. The second-order valence-electron chi connectivity index (χ2n) is 10.4. The van der Waals surface area contributed by atoms with Crippen molar-refractivity contribution < 1.29 is 4.42 Å². The van der Waals surface area contributed by atoms with E-state index in [2.05, 4.69) is 124 Å². The summed E-state index contributed by atoms with van der Waals surface area (Å²) in [4.78, 5) is 0. The lowest BCUT2D eigenvalue weighted by molar-refractivity contribution is 0.666. The molecule has 6 aromatic carbocycles. The van der Waals surface area contributed by atoms with E-state index in [9.17, 15) is 5.26 Å². The summed E-state index contributed by atoms with van der Waals surface area (Å²) in [6.45, 7) is 0. The van der Waals surface area contributed by atoms with Crippen LogP contribution >= 0.6 is 0 Å². The monoisotopic (exact) mass is 523 g/mol. The van der Waals surface area contributed by atoms with Crippen LogP contribution in [0.25, 0.3) is 76.9 Å². The second-order valence-corrected chi connectivity index (χ2v) is 10.4. The van der Waals surface area contributed by atoms with Gasteiger partial charge in [0, 0.05) is 32.3 Å². The van der Waals surface area contributed by atoms with Gasteiger partial charge < -0.3 is 13.6 Å². The van der Waals surface area contributed by atoms with E-state index in [0.29, 0.717) is 11.1 Å². The van der Waals surface area contributed by atoms with Crippen molar-refractivity contribution in [3.63, 3.8) is 0 Å². The molecule has 3 heterocycles. The van der Waals surface area contributed by atoms with E-state index in [1.165, 1.54) is 0 Å². The highest BCUT2D eigenvalue weighted by molar-refractivity contribution is 6.15. The predicted octanol–water partition coefficient (Wildman–Crippen LogP) is 9.65. The summed E-state index contributed by atoms with van der Waals surface area (Å²) in [7, 11) is 0. The van der Waals surface area contributed by atoms with Crippen LogP contribution in [-0.4, -0.2) is 9.13 Å². The van der Waals surface area contributed by atoms with Gasteiger partial charge in [0.25, 0.3) is 0 Å². The number of rotatable bonds is 2. The fourth-order valence-corrected chi connectivity index (χ4v) is 6.67. The highest BCUT2D eigenvalue weighted by Crippen LogP contribution is 2.43. The van der Waals surface area contributed by atoms with Crippen molar-refractivity contribution in [3.8, 4) is 17.4 Å². The van der Waals surface area contributed by atoms with Crippen molar-refractivity contribution >= 4 is 65.6 Å². The molecule has 0 aliphatic rings. The number of furan rings is 1. The van der Waals surface area contributed by atoms with Crippen molar-refractivity contribution in [2.45, 2.75) is 0 Å². The van der Waals surface area contributed by atoms with Gasteiger partial charge in [-0.25, -0.2) is 0 Å². The molecule has 0 fully saturated rings. The quantitative estimate of drug-likeness (QED) is 0.226. The Labute approximate surface area is 234 Å². The van der Waals surface area contributed by atoms with E-state index < -0.39 is 0 Å². The van der Waals surface area contributed by atoms with Crippen LogP contribution in [0.4, 0.5) is 0 Å². The molecule has 0 aliphatic carbocycles. The highest BCUT2D eigenvalue weighted by Gasteiger charge is 2.25. The van der Waals surface area contributed by atoms with Crippen LogP contribution in [-0.2, 0) is 0 Å². The number of hydrogen-bond acceptors (Lipinski definition) is 2. The topological polar surface area (TPSA) is 46.8 Å². The number of nitriles is 1. The number of aromatic nitrogens is 2. The summed E-state index contributed by atoms with van der Waals surface area (Å²) in [5.74, 6) is 0. The Hall–Kier alpha value is -5.79. The van der Waals surface area contributed by atoms with E-state index in [4.69, 9.17) is 4.42 Å². The standard InChI is InChI=1S/C37H21N3O/c38-22-29-34(39-30-16-6-1-11-23(30)24-12-2-7-17-31(24)39)21-28-27-15-5-10-20-35(27)41-37(28)36(29)40-32-18-8-3-13-25(32)26-14-4-9-19-33(26)40/h1-21H. The molecular weight excluding hydrogens is 502 g/mol. The van der Waals surface area contributed by atoms with E-state index in [-0.39, 0.29) is 0 Å². The largest absolute Gasteiger partial charge is 0.454 e. The van der Waals surface area contributed by atoms with Gasteiger partial charge in [-0.15, -0.1) is 0 Å². The van der Waals surface area contributed by atoms with Crippen molar-refractivity contribution in [2.75, 3.05) is 0 Å². The first-order valence-electron chi connectivity index (χ1n) is 13.7. The third kappa shape index (κ3) is 2.87. The first-order valence-corrected chi connectivity index (χ1v) is 13.7. The van der Waals surface area contributed by atoms with Gasteiger partial charge in [-0.3, -0.25) is 0 Å². The molecule has 9 rings (SSSR count). The van der Waals surface area contributed by atoms with Crippen molar-refractivity contribution in [3.05, 3.63) is 133 Å². The lowest BCUT2D eigenvalue weighted by atomic mass is 10.0. The number of para-hydroxylation sites is 5. The fourth-order valence-electron chi connectivity index (χ4n) is 6.67. The van der Waals surface area contributed by atoms with E-state index in [0.717, 1.165) is 71.3 Å². The third-order valence-electron chi connectivity index (χ3n) is 8.36. The van der Waals surface area contributed by atoms with E-state index in [1.807, 2.05) is 18.2 Å². The van der Waals surface area contributed by atoms with Crippen LogP contribution in [0.3, 0.4) is 0 Å². The van der Waals surface area contributed by atoms with E-state index >= 15 is 0 Å². The normalized spacial score (nSPS) is 11.9. The molecule has 190 valence electrons. The molecule has 4 nitrogen and oxygen atoms in total. The minimum atomic E-state index is 0.564. The fraction of sp³-hybridized carbons (Fsp3) is 0. The Morgan fingerprint density at radius 2 is 0.927 bits per heavy atom. The van der Waals surface area contributed by atoms with Gasteiger partial charge in [0.2, 0.25) is 0 Å². The van der Waals surface area contributed by atoms with Crippen LogP contribution < -0.4 is 0 Å². The SMILES string of the molecule is N#Cc1c(-n2c3ccccc3c3ccccc32)cc2c(oc3ccccc32)c1-n1c2ccccc2c2ccccc21. The van der Waals surface area contributed by atoms with E-state index in [1.54, 1.807) is 0 Å². The molecule has 4 heteroatoms. The average Bonchev–Trinajstić information content (AvgIpc) is 3.68. The van der Waals surface area contributed by atoms with Gasteiger partial charge in [-0.05, 0) is 36.4 Å². The van der Waals surface area contributed by atoms with Gasteiger partial charge in [0.15, 0.2) is 5.58 Å². The van der Waals surface area contributed by atoms with Crippen LogP contribution in [0.5, 0.6) is 0 Å². The molecule has 3 aromatic heterocycles. The molecule has 0 bridgehead atoms. The molecule has 0 saturated carbocycles. The Morgan fingerprint density at radius 1 is 0.488 bits per heavy atom. The van der Waals surface area contributed by atoms with Crippen LogP contribution in [0.1, 0.15) is 5.56 Å². The number of fused-ring (bicyclic) bond motifs is 9. The Balaban J connectivity index is 1.56. The lowest BCUT2D eigenvalue weighted by Gasteiger charge is -2.16. The zero-order chi connectivity index (χ0) is 27.1. The zero-order valence-corrected chi connectivity index (χ0v) is 21.9. The molecule has 9 aromatic rings. The van der Waals surface area contributed by atoms with Gasteiger partial charge in [0.1, 0.15) is 22.9 Å². The molecule has 0 spiro atoms. The minimum absolute atomic E-state index is 0.564. The lowest BCUT2D eigenvalue weighted by Crippen LogP contribution is -2.05. The predicted molar refractivity (Wildman–Crippen MR) is 167 cm³/mol. The number of benzene rings is 6. The van der Waals surface area contributed by atoms with Crippen LogP contribution in [0.15, 0.2) is 132 Å². The molecule has 0 saturated heterocycles. The minimum Gasteiger partial charge on any atom is -0.454 e. The molecule has 0 atom stereocenters. The average molecular weight is 524 g/mol. The first kappa shape index (κ1) is 22.1. The van der Waals surface area contributed by atoms with Gasteiger partial charge in [-0.1, -0.05) is 91.0 Å². The first-order chi connectivity index (χ1) is 20.3. The summed E-state index contributed by atoms with van der Waals surface area (Å²) in [5, 5.41) is 17.6. The van der Waals surface area contributed by atoms with Crippen molar-refractivity contribution in [1.29, 1.82) is 5.26 Å². The van der Waals surface area contributed by atoms with Crippen molar-refractivity contribution in [2.24, 2.45) is 0 Å². The second kappa shape index (κ2) is 8.11. The van der Waals surface area contributed by atoms with Crippen LogP contribution in [0.2, 0.25) is 0 Å². The number of hydrogen-bond donors (Lipinski definition) is 0. The smallest absolute Gasteiger partial charge is 0.160 e. The van der Waals surface area contributed by atoms with Gasteiger partial charge >= 0.3 is 0 Å². The molecule has 0 radical (unpaired) electrons. The van der Waals surface area contributed by atoms with Gasteiger partial charge in [-0.2, -0.15) is 5.26 Å². The molecular formula is C37H21N3O. The summed E-state index contributed by atoms with van der Waals surface area (Å²) >= 11 is 0. The maximum atomic E-state index is 11.0. The summed E-state index contributed by atoms with van der Waals surface area (Å²) in [5.41, 5.74) is 7.85. The zero-order valence-electron chi connectivity index (χ0n) is 21.9. The Bertz CT molecular complexity index is 2450. The van der Waals surface area contributed by atoms with Crippen molar-refractivity contribution in [1.82, 2.24) is 9.13 Å². The molecule has 0 unspecified atom stereocenters. The molecule has 0 amide bonds. The molecule has 41 heavy (non-hydrogen) atoms. The van der Waals surface area contributed by atoms with Gasteiger partial charge in [0.05, 0.1) is 27.8 Å². The molecule has 0 N–H and O–H groups in total. The summed E-state index contributed by atoms with van der Waals surface area (Å²) in [6, 6.07) is 46.5. The maximum absolute atomic E-state index is 11.0. The summed E-state index contributed by atoms with van der Waals surface area (Å²) in [6.07, 6.45) is 0.